The molecular formula is C20H22F2N2O2. The van der Waals surface area contributed by atoms with Crippen molar-refractivity contribution < 1.29 is 18.3 Å². The van der Waals surface area contributed by atoms with Crippen LogP contribution >= 0.6 is 0 Å². The Balaban J connectivity index is 1.93. The number of halogens is 2. The normalized spacial score (nSPS) is 15.7. The molecule has 0 bridgehead atoms. The summed E-state index contributed by atoms with van der Waals surface area (Å²) in [5, 5.41) is 0. The van der Waals surface area contributed by atoms with Gasteiger partial charge in [-0.1, -0.05) is 12.1 Å². The fraction of sp³-hybridized carbons (Fsp3) is 0.350. The van der Waals surface area contributed by atoms with Crippen molar-refractivity contribution in [3.05, 3.63) is 59.2 Å². The predicted molar refractivity (Wildman–Crippen MR) is 97.1 cm³/mol. The summed E-state index contributed by atoms with van der Waals surface area (Å²) in [4.78, 5) is 6.23. The molecule has 0 aromatic heterocycles. The Labute approximate surface area is 152 Å². The predicted octanol–water partition coefficient (Wildman–Crippen LogP) is 4.19. The molecule has 0 saturated carbocycles. The monoisotopic (exact) mass is 360 g/mol. The molecule has 0 N–H and O–H groups in total. The number of nitrogens with zero attached hydrogens (tertiary/aromatic N) is 2. The molecule has 0 spiro atoms. The molecule has 6 heteroatoms. The molecule has 2 aromatic rings. The SMILES string of the molecule is CCN(C)C=Nc1cc(F)c(C2(Oc3ccccc3F)COC2)cc1C. The first-order chi connectivity index (χ1) is 12.4. The summed E-state index contributed by atoms with van der Waals surface area (Å²) < 4.78 is 39.9. The number of aliphatic imine (C=N–C) groups is 1. The second-order valence-electron chi connectivity index (χ2n) is 6.46. The number of hydrogen-bond acceptors (Lipinski definition) is 3. The van der Waals surface area contributed by atoms with E-state index in [1.54, 1.807) is 24.5 Å². The van der Waals surface area contributed by atoms with Gasteiger partial charge in [0.05, 0.1) is 25.2 Å². The van der Waals surface area contributed by atoms with Crippen molar-refractivity contribution in [2.45, 2.75) is 19.4 Å². The van der Waals surface area contributed by atoms with Gasteiger partial charge in [-0.15, -0.1) is 0 Å². The number of aryl methyl sites for hydroxylation is 1. The molecule has 2 aromatic carbocycles. The van der Waals surface area contributed by atoms with E-state index in [4.69, 9.17) is 9.47 Å². The van der Waals surface area contributed by atoms with Crippen LogP contribution in [0.25, 0.3) is 0 Å². The lowest BCUT2D eigenvalue weighted by Gasteiger charge is -2.42. The van der Waals surface area contributed by atoms with Gasteiger partial charge in [0.1, 0.15) is 5.82 Å². The Bertz CT molecular complexity index is 819. The maximum Gasteiger partial charge on any atom is 0.183 e. The first kappa shape index (κ1) is 18.3. The van der Waals surface area contributed by atoms with E-state index in [1.807, 2.05) is 25.8 Å². The molecule has 0 aliphatic carbocycles. The van der Waals surface area contributed by atoms with Gasteiger partial charge in [-0.3, -0.25) is 0 Å². The fourth-order valence-corrected chi connectivity index (χ4v) is 2.70. The quantitative estimate of drug-likeness (QED) is 0.572. The largest absolute Gasteiger partial charge is 0.474 e. The minimum atomic E-state index is -1.03. The lowest BCUT2D eigenvalue weighted by atomic mass is 9.89. The summed E-state index contributed by atoms with van der Waals surface area (Å²) in [6.45, 7) is 5.00. The average Bonchev–Trinajstić information content (AvgIpc) is 2.60. The van der Waals surface area contributed by atoms with Crippen molar-refractivity contribution in [2.24, 2.45) is 4.99 Å². The molecule has 1 fully saturated rings. The minimum Gasteiger partial charge on any atom is -0.474 e. The van der Waals surface area contributed by atoms with E-state index in [2.05, 4.69) is 4.99 Å². The van der Waals surface area contributed by atoms with Gasteiger partial charge < -0.3 is 14.4 Å². The molecule has 3 rings (SSSR count). The summed E-state index contributed by atoms with van der Waals surface area (Å²) in [6.07, 6.45) is 1.67. The third-order valence-electron chi connectivity index (χ3n) is 4.48. The van der Waals surface area contributed by atoms with Crippen molar-refractivity contribution in [3.63, 3.8) is 0 Å². The second-order valence-corrected chi connectivity index (χ2v) is 6.46. The molecule has 1 heterocycles. The van der Waals surface area contributed by atoms with Crippen molar-refractivity contribution in [2.75, 3.05) is 26.8 Å². The summed E-state index contributed by atoms with van der Waals surface area (Å²) in [7, 11) is 1.90. The molecule has 1 saturated heterocycles. The number of benzene rings is 2. The first-order valence-corrected chi connectivity index (χ1v) is 8.51. The standard InChI is InChI=1S/C20H22F2N2O2/c1-4-24(3)13-23-18-10-17(22)15(9-14(18)2)20(11-25-12-20)26-19-8-6-5-7-16(19)21/h5-10,13H,4,11-12H2,1-3H3. The zero-order valence-electron chi connectivity index (χ0n) is 15.1. The molecule has 1 aliphatic heterocycles. The van der Waals surface area contributed by atoms with E-state index < -0.39 is 17.2 Å². The van der Waals surface area contributed by atoms with Gasteiger partial charge in [-0.05, 0) is 37.6 Å². The smallest absolute Gasteiger partial charge is 0.183 e. The molecular weight excluding hydrogens is 338 g/mol. The molecule has 1 aliphatic rings. The highest BCUT2D eigenvalue weighted by Gasteiger charge is 2.45. The highest BCUT2D eigenvalue weighted by molar-refractivity contribution is 5.63. The number of rotatable bonds is 6. The van der Waals surface area contributed by atoms with Crippen molar-refractivity contribution >= 4 is 12.0 Å². The van der Waals surface area contributed by atoms with Gasteiger partial charge in [0.15, 0.2) is 17.2 Å². The molecule has 0 unspecified atom stereocenters. The maximum absolute atomic E-state index is 14.8. The van der Waals surface area contributed by atoms with Crippen LogP contribution in [-0.4, -0.2) is 38.0 Å². The Kier molecular flexibility index (Phi) is 5.23. The molecule has 0 amide bonds. The molecule has 138 valence electrons. The van der Waals surface area contributed by atoms with Gasteiger partial charge >= 0.3 is 0 Å². The topological polar surface area (TPSA) is 34.1 Å². The van der Waals surface area contributed by atoms with E-state index in [1.165, 1.54) is 18.2 Å². The lowest BCUT2D eigenvalue weighted by molar-refractivity contribution is -0.170. The van der Waals surface area contributed by atoms with Crippen molar-refractivity contribution in [1.29, 1.82) is 0 Å². The Morgan fingerprint density at radius 1 is 1.23 bits per heavy atom. The number of hydrogen-bond donors (Lipinski definition) is 0. The zero-order chi connectivity index (χ0) is 18.7. The van der Waals surface area contributed by atoms with Crippen molar-refractivity contribution in [1.82, 2.24) is 4.90 Å². The van der Waals surface area contributed by atoms with Crippen LogP contribution in [-0.2, 0) is 10.3 Å². The third kappa shape index (κ3) is 3.55. The first-order valence-electron chi connectivity index (χ1n) is 8.51. The van der Waals surface area contributed by atoms with E-state index in [-0.39, 0.29) is 19.0 Å². The van der Waals surface area contributed by atoms with Crippen molar-refractivity contribution in [3.8, 4) is 5.75 Å². The maximum atomic E-state index is 14.8. The molecule has 0 radical (unpaired) electrons. The highest BCUT2D eigenvalue weighted by atomic mass is 19.1. The Morgan fingerprint density at radius 3 is 2.58 bits per heavy atom. The summed E-state index contributed by atoms with van der Waals surface area (Å²) in [5.41, 5.74) is 0.685. The van der Waals surface area contributed by atoms with Crippen LogP contribution in [0.4, 0.5) is 14.5 Å². The van der Waals surface area contributed by atoms with Crippen LogP contribution in [0, 0.1) is 18.6 Å². The number of para-hydroxylation sites is 1. The Hall–Kier alpha value is -2.47. The summed E-state index contributed by atoms with van der Waals surface area (Å²) >= 11 is 0. The second kappa shape index (κ2) is 7.41. The molecule has 0 atom stereocenters. The third-order valence-corrected chi connectivity index (χ3v) is 4.48. The van der Waals surface area contributed by atoms with Gasteiger partial charge in [-0.25, -0.2) is 13.8 Å². The van der Waals surface area contributed by atoms with Gasteiger partial charge in [0.25, 0.3) is 0 Å². The average molecular weight is 360 g/mol. The van der Waals surface area contributed by atoms with E-state index in [0.717, 1.165) is 12.1 Å². The molecule has 26 heavy (non-hydrogen) atoms. The molecule has 4 nitrogen and oxygen atoms in total. The van der Waals surface area contributed by atoms with E-state index >= 15 is 0 Å². The van der Waals surface area contributed by atoms with Crippen LogP contribution in [0.5, 0.6) is 5.75 Å². The van der Waals surface area contributed by atoms with Gasteiger partial charge in [-0.2, -0.15) is 0 Å². The van der Waals surface area contributed by atoms with E-state index in [9.17, 15) is 8.78 Å². The fourth-order valence-electron chi connectivity index (χ4n) is 2.70. The van der Waals surface area contributed by atoms with Crippen LogP contribution in [0.2, 0.25) is 0 Å². The van der Waals surface area contributed by atoms with E-state index in [0.29, 0.717) is 11.3 Å². The van der Waals surface area contributed by atoms with Crippen LogP contribution in [0.15, 0.2) is 41.4 Å². The summed E-state index contributed by atoms with van der Waals surface area (Å²) in [5.74, 6) is -0.846. The lowest BCUT2D eigenvalue weighted by Crippen LogP contribution is -2.52. The van der Waals surface area contributed by atoms with Gasteiger partial charge in [0.2, 0.25) is 0 Å². The Morgan fingerprint density at radius 2 is 1.96 bits per heavy atom. The zero-order valence-corrected chi connectivity index (χ0v) is 15.1. The number of ether oxygens (including phenoxy) is 2. The minimum absolute atomic E-state index is 0.0829. The van der Waals surface area contributed by atoms with Crippen LogP contribution in [0.3, 0.4) is 0 Å². The van der Waals surface area contributed by atoms with Gasteiger partial charge in [0, 0.05) is 25.2 Å². The summed E-state index contributed by atoms with van der Waals surface area (Å²) in [6, 6.07) is 9.19. The highest BCUT2D eigenvalue weighted by Crippen LogP contribution is 2.39. The van der Waals surface area contributed by atoms with Crippen LogP contribution in [0.1, 0.15) is 18.1 Å². The van der Waals surface area contributed by atoms with Crippen LogP contribution < -0.4 is 4.74 Å².